The predicted octanol–water partition coefficient (Wildman–Crippen LogP) is 4.30. The van der Waals surface area contributed by atoms with Crippen molar-refractivity contribution in [3.05, 3.63) is 29.6 Å². The van der Waals surface area contributed by atoms with Crippen LogP contribution in [-0.2, 0) is 0 Å². The lowest BCUT2D eigenvalue weighted by molar-refractivity contribution is 0.226. The van der Waals surface area contributed by atoms with E-state index >= 15 is 0 Å². The van der Waals surface area contributed by atoms with E-state index in [2.05, 4.69) is 57.2 Å². The largest absolute Gasteiger partial charge is 0.312 e. The predicted molar refractivity (Wildman–Crippen MR) is 86.0 cm³/mol. The van der Waals surface area contributed by atoms with Crippen molar-refractivity contribution in [1.82, 2.24) is 10.3 Å². The molecule has 0 radical (unpaired) electrons. The molecule has 0 bridgehead atoms. The van der Waals surface area contributed by atoms with E-state index in [-0.39, 0.29) is 5.54 Å². The Morgan fingerprint density at radius 3 is 2.70 bits per heavy atom. The fraction of sp³-hybridized carbons (Fsp3) is 0.722. The average molecular weight is 274 g/mol. The Kier molecular flexibility index (Phi) is 4.85. The third-order valence-corrected chi connectivity index (χ3v) is 4.63. The standard InChI is InChI=1S/C18H30N2/c1-13-6-7-15(11-20-18(3,4)5)16(10-13)17-12-19-9-8-14(17)2/h8-9,12-13,15-16,20H,6-7,10-11H2,1-5H3. The summed E-state index contributed by atoms with van der Waals surface area (Å²) in [6, 6.07) is 2.16. The van der Waals surface area contributed by atoms with Gasteiger partial charge in [-0.2, -0.15) is 0 Å². The van der Waals surface area contributed by atoms with Crippen molar-refractivity contribution in [2.45, 2.75) is 65.3 Å². The van der Waals surface area contributed by atoms with Gasteiger partial charge in [0.25, 0.3) is 0 Å². The van der Waals surface area contributed by atoms with E-state index in [1.165, 1.54) is 30.4 Å². The Morgan fingerprint density at radius 1 is 1.30 bits per heavy atom. The molecule has 0 aliphatic heterocycles. The first-order chi connectivity index (χ1) is 9.37. The maximum atomic E-state index is 4.37. The van der Waals surface area contributed by atoms with E-state index in [0.29, 0.717) is 5.92 Å². The van der Waals surface area contributed by atoms with E-state index < -0.39 is 0 Å². The maximum absolute atomic E-state index is 4.37. The SMILES string of the molecule is Cc1ccncc1C1CC(C)CCC1CNC(C)(C)C. The molecule has 2 rings (SSSR count). The van der Waals surface area contributed by atoms with Crippen molar-refractivity contribution < 1.29 is 0 Å². The summed E-state index contributed by atoms with van der Waals surface area (Å²) in [4.78, 5) is 4.37. The number of aromatic nitrogens is 1. The molecule has 1 N–H and O–H groups in total. The number of rotatable bonds is 3. The summed E-state index contributed by atoms with van der Waals surface area (Å²) in [5, 5.41) is 3.71. The van der Waals surface area contributed by atoms with Gasteiger partial charge in [0, 0.05) is 17.9 Å². The van der Waals surface area contributed by atoms with Crippen LogP contribution in [-0.4, -0.2) is 17.1 Å². The van der Waals surface area contributed by atoms with Crippen LogP contribution in [0, 0.1) is 18.8 Å². The highest BCUT2D eigenvalue weighted by Gasteiger charge is 2.31. The quantitative estimate of drug-likeness (QED) is 0.889. The Hall–Kier alpha value is -0.890. The van der Waals surface area contributed by atoms with Crippen molar-refractivity contribution in [3.63, 3.8) is 0 Å². The number of nitrogens with zero attached hydrogens (tertiary/aromatic N) is 1. The number of hydrogen-bond acceptors (Lipinski definition) is 2. The summed E-state index contributed by atoms with van der Waals surface area (Å²) in [5.41, 5.74) is 3.08. The van der Waals surface area contributed by atoms with Gasteiger partial charge in [0.05, 0.1) is 0 Å². The highest BCUT2D eigenvalue weighted by molar-refractivity contribution is 5.27. The van der Waals surface area contributed by atoms with E-state index in [1.54, 1.807) is 0 Å². The van der Waals surface area contributed by atoms with Crippen LogP contribution in [0.2, 0.25) is 0 Å². The minimum Gasteiger partial charge on any atom is -0.312 e. The number of pyridine rings is 1. The third kappa shape index (κ3) is 4.05. The summed E-state index contributed by atoms with van der Waals surface area (Å²) < 4.78 is 0. The average Bonchev–Trinajstić information content (AvgIpc) is 2.37. The van der Waals surface area contributed by atoms with Crippen molar-refractivity contribution >= 4 is 0 Å². The van der Waals surface area contributed by atoms with Gasteiger partial charge < -0.3 is 5.32 Å². The molecule has 20 heavy (non-hydrogen) atoms. The Balaban J connectivity index is 2.15. The first-order valence-corrected chi connectivity index (χ1v) is 8.02. The van der Waals surface area contributed by atoms with Crippen LogP contribution in [0.4, 0.5) is 0 Å². The summed E-state index contributed by atoms with van der Waals surface area (Å²) in [7, 11) is 0. The molecule has 2 heteroatoms. The molecule has 1 aromatic rings. The van der Waals surface area contributed by atoms with Crippen molar-refractivity contribution in [2.75, 3.05) is 6.54 Å². The minimum absolute atomic E-state index is 0.206. The van der Waals surface area contributed by atoms with Gasteiger partial charge in [0.15, 0.2) is 0 Å². The lowest BCUT2D eigenvalue weighted by atomic mass is 9.71. The van der Waals surface area contributed by atoms with Crippen LogP contribution in [0.5, 0.6) is 0 Å². The van der Waals surface area contributed by atoms with E-state index in [4.69, 9.17) is 0 Å². The molecule has 0 spiro atoms. The van der Waals surface area contributed by atoms with Crippen LogP contribution < -0.4 is 5.32 Å². The molecule has 1 aromatic heterocycles. The molecule has 0 saturated heterocycles. The molecule has 0 aromatic carbocycles. The summed E-state index contributed by atoms with van der Waals surface area (Å²) >= 11 is 0. The second-order valence-electron chi connectivity index (χ2n) is 7.65. The van der Waals surface area contributed by atoms with Crippen LogP contribution in [0.25, 0.3) is 0 Å². The molecule has 1 fully saturated rings. The second-order valence-corrected chi connectivity index (χ2v) is 7.65. The Morgan fingerprint density at radius 2 is 2.05 bits per heavy atom. The smallest absolute Gasteiger partial charge is 0.0305 e. The van der Waals surface area contributed by atoms with Gasteiger partial charge in [-0.25, -0.2) is 0 Å². The summed E-state index contributed by atoms with van der Waals surface area (Å²) in [6.07, 6.45) is 8.02. The molecule has 1 saturated carbocycles. The van der Waals surface area contributed by atoms with Gasteiger partial charge >= 0.3 is 0 Å². The molecule has 1 heterocycles. The topological polar surface area (TPSA) is 24.9 Å². The maximum Gasteiger partial charge on any atom is 0.0305 e. The highest BCUT2D eigenvalue weighted by Crippen LogP contribution is 2.41. The molecular weight excluding hydrogens is 244 g/mol. The number of nitrogens with one attached hydrogen (secondary N) is 1. The van der Waals surface area contributed by atoms with Gasteiger partial charge in [0.2, 0.25) is 0 Å². The Labute approximate surface area is 124 Å². The first-order valence-electron chi connectivity index (χ1n) is 8.02. The zero-order valence-electron chi connectivity index (χ0n) is 13.7. The highest BCUT2D eigenvalue weighted by atomic mass is 14.9. The van der Waals surface area contributed by atoms with Gasteiger partial charge in [-0.05, 0) is 82.0 Å². The van der Waals surface area contributed by atoms with E-state index in [0.717, 1.165) is 18.4 Å². The molecule has 2 nitrogen and oxygen atoms in total. The summed E-state index contributed by atoms with van der Waals surface area (Å²) in [5.74, 6) is 2.25. The van der Waals surface area contributed by atoms with Crippen LogP contribution >= 0.6 is 0 Å². The first kappa shape index (κ1) is 15.5. The van der Waals surface area contributed by atoms with Crippen LogP contribution in [0.1, 0.15) is 64.0 Å². The third-order valence-electron chi connectivity index (χ3n) is 4.63. The normalized spacial score (nSPS) is 27.6. The van der Waals surface area contributed by atoms with Gasteiger partial charge in [-0.1, -0.05) is 13.3 Å². The molecule has 1 aliphatic carbocycles. The molecular formula is C18H30N2. The van der Waals surface area contributed by atoms with E-state index in [1.807, 2.05) is 6.20 Å². The molecule has 0 amide bonds. The van der Waals surface area contributed by atoms with Crippen molar-refractivity contribution in [2.24, 2.45) is 11.8 Å². The van der Waals surface area contributed by atoms with Gasteiger partial charge in [0.1, 0.15) is 0 Å². The minimum atomic E-state index is 0.206. The molecule has 3 unspecified atom stereocenters. The fourth-order valence-electron chi connectivity index (χ4n) is 3.37. The fourth-order valence-corrected chi connectivity index (χ4v) is 3.37. The van der Waals surface area contributed by atoms with Gasteiger partial charge in [-0.15, -0.1) is 0 Å². The number of hydrogen-bond donors (Lipinski definition) is 1. The van der Waals surface area contributed by atoms with Crippen LogP contribution in [0.3, 0.4) is 0 Å². The van der Waals surface area contributed by atoms with Crippen LogP contribution in [0.15, 0.2) is 18.5 Å². The number of aryl methyl sites for hydroxylation is 1. The lowest BCUT2D eigenvalue weighted by Gasteiger charge is -2.37. The van der Waals surface area contributed by atoms with Crippen molar-refractivity contribution in [1.29, 1.82) is 0 Å². The molecule has 1 aliphatic rings. The molecule has 112 valence electrons. The molecule has 3 atom stereocenters. The van der Waals surface area contributed by atoms with E-state index in [9.17, 15) is 0 Å². The zero-order valence-corrected chi connectivity index (χ0v) is 13.7. The zero-order chi connectivity index (χ0) is 14.8. The lowest BCUT2D eigenvalue weighted by Crippen LogP contribution is -2.41. The van der Waals surface area contributed by atoms with Crippen molar-refractivity contribution in [3.8, 4) is 0 Å². The van der Waals surface area contributed by atoms with Gasteiger partial charge in [-0.3, -0.25) is 4.98 Å². The Bertz CT molecular complexity index is 433. The monoisotopic (exact) mass is 274 g/mol. The summed E-state index contributed by atoms with van der Waals surface area (Å²) in [6.45, 7) is 12.5. The second kappa shape index (κ2) is 6.26.